The van der Waals surface area contributed by atoms with E-state index in [0.717, 1.165) is 25.9 Å². The number of anilines is 1. The van der Waals surface area contributed by atoms with Crippen molar-refractivity contribution in [3.8, 4) is 0 Å². The van der Waals surface area contributed by atoms with Crippen molar-refractivity contribution in [1.29, 1.82) is 0 Å². The summed E-state index contributed by atoms with van der Waals surface area (Å²) in [5.74, 6) is 0.348. The zero-order valence-electron chi connectivity index (χ0n) is 9.77. The Balaban J connectivity index is 1.94. The lowest BCUT2D eigenvalue weighted by atomic mass is 10.0. The van der Waals surface area contributed by atoms with Crippen LogP contribution in [0, 0.1) is 12.8 Å². The summed E-state index contributed by atoms with van der Waals surface area (Å²) in [6.07, 6.45) is 3.21. The SMILES string of the molecule is Cc1coc(NS(=O)(=O)CC2CCNCC2)n1. The number of hydrogen-bond acceptors (Lipinski definition) is 5. The van der Waals surface area contributed by atoms with Crippen LogP contribution in [-0.4, -0.2) is 32.2 Å². The monoisotopic (exact) mass is 259 g/mol. The predicted molar refractivity (Wildman–Crippen MR) is 64.2 cm³/mol. The minimum absolute atomic E-state index is 0.0523. The topological polar surface area (TPSA) is 84.2 Å². The van der Waals surface area contributed by atoms with E-state index < -0.39 is 10.0 Å². The molecule has 0 amide bonds. The number of oxazole rings is 1. The molecular weight excluding hydrogens is 242 g/mol. The normalized spacial score (nSPS) is 18.2. The smallest absolute Gasteiger partial charge is 0.308 e. The van der Waals surface area contributed by atoms with Gasteiger partial charge in [-0.25, -0.2) is 13.1 Å². The first-order chi connectivity index (χ1) is 8.05. The second kappa shape index (κ2) is 5.05. The number of rotatable bonds is 4. The third-order valence-corrected chi connectivity index (χ3v) is 4.17. The molecule has 7 heteroatoms. The van der Waals surface area contributed by atoms with Gasteiger partial charge in [-0.1, -0.05) is 0 Å². The van der Waals surface area contributed by atoms with Gasteiger partial charge in [0.2, 0.25) is 10.0 Å². The number of hydrogen-bond donors (Lipinski definition) is 2. The summed E-state index contributed by atoms with van der Waals surface area (Å²) < 4.78 is 31.0. The molecule has 0 bridgehead atoms. The van der Waals surface area contributed by atoms with Crippen LogP contribution in [0.4, 0.5) is 6.01 Å². The van der Waals surface area contributed by atoms with E-state index in [2.05, 4.69) is 15.0 Å². The van der Waals surface area contributed by atoms with Crippen molar-refractivity contribution in [3.05, 3.63) is 12.0 Å². The zero-order valence-corrected chi connectivity index (χ0v) is 10.6. The fraction of sp³-hybridized carbons (Fsp3) is 0.700. The van der Waals surface area contributed by atoms with Gasteiger partial charge in [-0.2, -0.15) is 4.98 Å². The van der Waals surface area contributed by atoms with Crippen molar-refractivity contribution in [1.82, 2.24) is 10.3 Å². The number of piperidine rings is 1. The van der Waals surface area contributed by atoms with E-state index in [4.69, 9.17) is 4.42 Å². The summed E-state index contributed by atoms with van der Waals surface area (Å²) in [4.78, 5) is 3.92. The van der Waals surface area contributed by atoms with Crippen LogP contribution in [0.25, 0.3) is 0 Å². The van der Waals surface area contributed by atoms with Gasteiger partial charge in [-0.15, -0.1) is 0 Å². The van der Waals surface area contributed by atoms with Gasteiger partial charge < -0.3 is 9.73 Å². The molecule has 0 spiro atoms. The largest absolute Gasteiger partial charge is 0.431 e. The Morgan fingerprint density at radius 2 is 2.24 bits per heavy atom. The fourth-order valence-electron chi connectivity index (χ4n) is 1.93. The first-order valence-electron chi connectivity index (χ1n) is 5.68. The Morgan fingerprint density at radius 3 is 2.82 bits per heavy atom. The maximum Gasteiger partial charge on any atom is 0.308 e. The van der Waals surface area contributed by atoms with E-state index in [9.17, 15) is 8.42 Å². The minimum Gasteiger partial charge on any atom is -0.431 e. The van der Waals surface area contributed by atoms with Gasteiger partial charge in [-0.3, -0.25) is 0 Å². The highest BCUT2D eigenvalue weighted by Crippen LogP contribution is 2.16. The average Bonchev–Trinajstić information content (AvgIpc) is 2.63. The quantitative estimate of drug-likeness (QED) is 0.832. The summed E-state index contributed by atoms with van der Waals surface area (Å²) in [5.41, 5.74) is 0.657. The molecule has 0 radical (unpaired) electrons. The van der Waals surface area contributed by atoms with E-state index in [-0.39, 0.29) is 17.7 Å². The van der Waals surface area contributed by atoms with Gasteiger partial charge in [0, 0.05) is 0 Å². The standard InChI is InChI=1S/C10H17N3O3S/c1-8-6-16-10(12-8)13-17(14,15)7-9-2-4-11-5-3-9/h6,9,11H,2-5,7H2,1H3,(H,12,13). The van der Waals surface area contributed by atoms with E-state index in [0.29, 0.717) is 5.69 Å². The molecule has 0 aliphatic carbocycles. The maximum atomic E-state index is 11.8. The first-order valence-corrected chi connectivity index (χ1v) is 7.34. The van der Waals surface area contributed by atoms with Crippen molar-refractivity contribution in [3.63, 3.8) is 0 Å². The number of sulfonamides is 1. The Labute approximate surface area is 101 Å². The number of aryl methyl sites for hydroxylation is 1. The van der Waals surface area contributed by atoms with Crippen LogP contribution >= 0.6 is 0 Å². The summed E-state index contributed by atoms with van der Waals surface area (Å²) in [5, 5.41) is 3.21. The molecular formula is C10H17N3O3S. The second-order valence-electron chi connectivity index (χ2n) is 4.37. The number of nitrogens with zero attached hydrogens (tertiary/aromatic N) is 1. The second-order valence-corrected chi connectivity index (χ2v) is 6.14. The van der Waals surface area contributed by atoms with Crippen molar-refractivity contribution in [2.24, 2.45) is 5.92 Å². The molecule has 6 nitrogen and oxygen atoms in total. The van der Waals surface area contributed by atoms with Gasteiger partial charge in [0.25, 0.3) is 0 Å². The molecule has 2 heterocycles. The van der Waals surface area contributed by atoms with E-state index in [1.54, 1.807) is 6.92 Å². The molecule has 96 valence electrons. The highest BCUT2D eigenvalue weighted by molar-refractivity contribution is 7.92. The van der Waals surface area contributed by atoms with Crippen LogP contribution in [-0.2, 0) is 10.0 Å². The Hall–Kier alpha value is -1.08. The fourth-order valence-corrected chi connectivity index (χ4v) is 3.33. The van der Waals surface area contributed by atoms with Gasteiger partial charge >= 0.3 is 6.01 Å². The van der Waals surface area contributed by atoms with Crippen LogP contribution in [0.5, 0.6) is 0 Å². The van der Waals surface area contributed by atoms with Crippen LogP contribution in [0.15, 0.2) is 10.7 Å². The van der Waals surface area contributed by atoms with E-state index in [1.807, 2.05) is 0 Å². The van der Waals surface area contributed by atoms with Gasteiger partial charge in [0.05, 0.1) is 11.4 Å². The molecule has 1 aromatic heterocycles. The van der Waals surface area contributed by atoms with Crippen LogP contribution in [0.2, 0.25) is 0 Å². The molecule has 1 saturated heterocycles. The number of nitrogens with one attached hydrogen (secondary N) is 2. The molecule has 2 N–H and O–H groups in total. The lowest BCUT2D eigenvalue weighted by molar-refractivity contribution is 0.401. The van der Waals surface area contributed by atoms with Crippen molar-refractivity contribution in [2.75, 3.05) is 23.6 Å². The lowest BCUT2D eigenvalue weighted by Crippen LogP contribution is -2.33. The molecule has 0 aromatic carbocycles. The Morgan fingerprint density at radius 1 is 1.53 bits per heavy atom. The van der Waals surface area contributed by atoms with Crippen molar-refractivity contribution in [2.45, 2.75) is 19.8 Å². The summed E-state index contributed by atoms with van der Waals surface area (Å²) in [6, 6.07) is 0.0523. The Bertz CT molecular complexity index is 463. The highest BCUT2D eigenvalue weighted by atomic mass is 32.2. The van der Waals surface area contributed by atoms with E-state index in [1.165, 1.54) is 6.26 Å². The third kappa shape index (κ3) is 3.71. The minimum atomic E-state index is -3.35. The molecule has 2 rings (SSSR count). The Kier molecular flexibility index (Phi) is 3.68. The lowest BCUT2D eigenvalue weighted by Gasteiger charge is -2.22. The van der Waals surface area contributed by atoms with Gasteiger partial charge in [0.1, 0.15) is 6.26 Å². The van der Waals surface area contributed by atoms with Crippen LogP contribution < -0.4 is 10.0 Å². The molecule has 1 fully saturated rings. The molecule has 1 aromatic rings. The zero-order chi connectivity index (χ0) is 12.3. The predicted octanol–water partition coefficient (Wildman–Crippen LogP) is 0.724. The number of aromatic nitrogens is 1. The molecule has 0 atom stereocenters. The van der Waals surface area contributed by atoms with Crippen molar-refractivity contribution >= 4 is 16.0 Å². The van der Waals surface area contributed by atoms with E-state index >= 15 is 0 Å². The molecule has 1 aliphatic rings. The first kappa shape index (κ1) is 12.4. The molecule has 17 heavy (non-hydrogen) atoms. The highest BCUT2D eigenvalue weighted by Gasteiger charge is 2.22. The molecule has 0 unspecified atom stereocenters. The van der Waals surface area contributed by atoms with Gasteiger partial charge in [-0.05, 0) is 38.8 Å². The summed E-state index contributed by atoms with van der Waals surface area (Å²) in [7, 11) is -3.35. The molecule has 0 saturated carbocycles. The van der Waals surface area contributed by atoms with Gasteiger partial charge in [0.15, 0.2) is 0 Å². The molecule has 1 aliphatic heterocycles. The average molecular weight is 259 g/mol. The van der Waals surface area contributed by atoms with Crippen molar-refractivity contribution < 1.29 is 12.8 Å². The van der Waals surface area contributed by atoms with Crippen LogP contribution in [0.3, 0.4) is 0 Å². The summed E-state index contributed by atoms with van der Waals surface area (Å²) in [6.45, 7) is 3.52. The maximum absolute atomic E-state index is 11.8. The third-order valence-electron chi connectivity index (χ3n) is 2.78. The van der Waals surface area contributed by atoms with Crippen LogP contribution in [0.1, 0.15) is 18.5 Å². The summed E-state index contributed by atoms with van der Waals surface area (Å²) >= 11 is 0.